The third kappa shape index (κ3) is 4.39. The Morgan fingerprint density at radius 3 is 1.89 bits per heavy atom. The van der Waals surface area contributed by atoms with E-state index >= 15 is 0 Å². The number of carbonyl (C=O) groups excluding carboxylic acids is 1. The molecule has 1 aliphatic rings. The molecule has 2 aromatic carbocycles. The van der Waals surface area contributed by atoms with E-state index in [0.717, 1.165) is 19.1 Å². The molecule has 0 unspecified atom stereocenters. The van der Waals surface area contributed by atoms with Gasteiger partial charge in [0.25, 0.3) is 5.91 Å². The monoisotopic (exact) mass is 407 g/mol. The summed E-state index contributed by atoms with van der Waals surface area (Å²) in [6.07, 6.45) is 4.38. The lowest BCUT2D eigenvalue weighted by atomic mass is 10.2. The zero-order valence-corrected chi connectivity index (χ0v) is 16.5. The molecule has 2 aromatic rings. The van der Waals surface area contributed by atoms with Gasteiger partial charge in [-0.05, 0) is 61.4 Å². The first-order valence-corrected chi connectivity index (χ1v) is 12.1. The van der Waals surface area contributed by atoms with Gasteiger partial charge in [-0.2, -0.15) is 0 Å². The maximum absolute atomic E-state index is 12.6. The highest BCUT2D eigenvalue weighted by atomic mass is 32.2. The van der Waals surface area contributed by atoms with Gasteiger partial charge in [-0.3, -0.25) is 4.79 Å². The van der Waals surface area contributed by atoms with Crippen LogP contribution in [0, 0.1) is 0 Å². The number of rotatable bonds is 5. The van der Waals surface area contributed by atoms with E-state index in [1.54, 1.807) is 12.1 Å². The highest BCUT2D eigenvalue weighted by Gasteiger charge is 2.30. The van der Waals surface area contributed by atoms with Crippen LogP contribution in [-0.4, -0.2) is 34.2 Å². The van der Waals surface area contributed by atoms with Crippen molar-refractivity contribution in [3.05, 3.63) is 54.1 Å². The molecule has 0 aliphatic heterocycles. The largest absolute Gasteiger partial charge is 0.322 e. The van der Waals surface area contributed by atoms with E-state index in [0.29, 0.717) is 24.1 Å². The van der Waals surface area contributed by atoms with Gasteiger partial charge >= 0.3 is 0 Å². The smallest absolute Gasteiger partial charge is 0.255 e. The highest BCUT2D eigenvalue weighted by molar-refractivity contribution is 7.92. The second-order valence-corrected chi connectivity index (χ2v) is 11.0. The van der Waals surface area contributed by atoms with Crippen molar-refractivity contribution >= 4 is 31.3 Å². The lowest BCUT2D eigenvalue weighted by Crippen LogP contribution is -2.18. The van der Waals surface area contributed by atoms with Crippen molar-refractivity contribution in [1.82, 2.24) is 0 Å². The number of carbonyl (C=O) groups is 1. The van der Waals surface area contributed by atoms with E-state index in [9.17, 15) is 21.6 Å². The fraction of sp³-hybridized carbons (Fsp3) is 0.316. The van der Waals surface area contributed by atoms with Crippen LogP contribution in [0.4, 0.5) is 5.69 Å². The lowest BCUT2D eigenvalue weighted by molar-refractivity contribution is 0.102. The number of nitrogens with one attached hydrogen (secondary N) is 1. The van der Waals surface area contributed by atoms with Crippen LogP contribution in [-0.2, 0) is 19.7 Å². The molecule has 1 saturated carbocycles. The second kappa shape index (κ2) is 7.44. The number of benzene rings is 2. The Balaban J connectivity index is 1.72. The topological polar surface area (TPSA) is 97.4 Å². The SMILES string of the molecule is CS(=O)(=O)c1ccc(C(=O)Nc2ccc(S(=O)(=O)C3CCCC3)cc2)cc1. The van der Waals surface area contributed by atoms with Gasteiger partial charge in [-0.1, -0.05) is 12.8 Å². The molecule has 3 rings (SSSR count). The van der Waals surface area contributed by atoms with Gasteiger partial charge in [-0.15, -0.1) is 0 Å². The van der Waals surface area contributed by atoms with Crippen LogP contribution in [0.25, 0.3) is 0 Å². The fourth-order valence-electron chi connectivity index (χ4n) is 3.18. The molecule has 0 radical (unpaired) electrons. The number of amides is 1. The number of hydrogen-bond acceptors (Lipinski definition) is 5. The molecule has 0 heterocycles. The van der Waals surface area contributed by atoms with E-state index in [4.69, 9.17) is 0 Å². The summed E-state index contributed by atoms with van der Waals surface area (Å²) in [5.74, 6) is -0.401. The average molecular weight is 408 g/mol. The minimum absolute atomic E-state index is 0.139. The predicted molar refractivity (Wildman–Crippen MR) is 103 cm³/mol. The van der Waals surface area contributed by atoms with Crippen LogP contribution in [0.2, 0.25) is 0 Å². The van der Waals surface area contributed by atoms with E-state index in [1.165, 1.54) is 36.4 Å². The van der Waals surface area contributed by atoms with Gasteiger partial charge in [-0.25, -0.2) is 16.8 Å². The summed E-state index contributed by atoms with van der Waals surface area (Å²) in [6, 6.07) is 11.8. The Labute approximate surface area is 159 Å². The molecule has 0 spiro atoms. The quantitative estimate of drug-likeness (QED) is 0.821. The predicted octanol–water partition coefficient (Wildman–Crippen LogP) is 3.06. The maximum atomic E-state index is 12.6. The molecule has 0 saturated heterocycles. The van der Waals surface area contributed by atoms with Gasteiger partial charge in [0.05, 0.1) is 15.0 Å². The first kappa shape index (κ1) is 19.6. The first-order valence-electron chi connectivity index (χ1n) is 8.63. The van der Waals surface area contributed by atoms with Gasteiger partial charge in [0, 0.05) is 17.5 Å². The summed E-state index contributed by atoms with van der Waals surface area (Å²) in [4.78, 5) is 12.7. The van der Waals surface area contributed by atoms with Crippen molar-refractivity contribution in [2.45, 2.75) is 40.7 Å². The molecule has 6 nitrogen and oxygen atoms in total. The lowest BCUT2D eigenvalue weighted by Gasteiger charge is -2.12. The second-order valence-electron chi connectivity index (χ2n) is 6.73. The summed E-state index contributed by atoms with van der Waals surface area (Å²) in [6.45, 7) is 0. The summed E-state index contributed by atoms with van der Waals surface area (Å²) < 4.78 is 48.1. The van der Waals surface area contributed by atoms with Crippen LogP contribution in [0.3, 0.4) is 0 Å². The molecule has 0 bridgehead atoms. The van der Waals surface area contributed by atoms with E-state index in [-0.39, 0.29) is 15.0 Å². The van der Waals surface area contributed by atoms with Crippen LogP contribution in [0.15, 0.2) is 58.3 Å². The third-order valence-electron chi connectivity index (χ3n) is 4.73. The molecule has 0 aromatic heterocycles. The van der Waals surface area contributed by atoms with Crippen molar-refractivity contribution in [2.24, 2.45) is 0 Å². The van der Waals surface area contributed by atoms with E-state index < -0.39 is 25.6 Å². The summed E-state index contributed by atoms with van der Waals surface area (Å²) in [5, 5.41) is 2.37. The van der Waals surface area contributed by atoms with Gasteiger partial charge in [0.15, 0.2) is 19.7 Å². The zero-order valence-electron chi connectivity index (χ0n) is 14.9. The average Bonchev–Trinajstić information content (AvgIpc) is 3.17. The first-order chi connectivity index (χ1) is 12.7. The van der Waals surface area contributed by atoms with Crippen molar-refractivity contribution in [3.8, 4) is 0 Å². The molecule has 1 aliphatic carbocycles. The summed E-state index contributed by atoms with van der Waals surface area (Å²) in [7, 11) is -6.64. The standard InChI is InChI=1S/C19H21NO5S2/c1-26(22,23)16-10-6-14(7-11-16)19(21)20-15-8-12-18(13-9-15)27(24,25)17-4-2-3-5-17/h6-13,17H,2-5H2,1H3,(H,20,21). The number of sulfone groups is 2. The molecule has 1 fully saturated rings. The molecular formula is C19H21NO5S2. The molecular weight excluding hydrogens is 386 g/mol. The van der Waals surface area contributed by atoms with Crippen molar-refractivity contribution < 1.29 is 21.6 Å². The molecule has 144 valence electrons. The Morgan fingerprint density at radius 2 is 1.37 bits per heavy atom. The Kier molecular flexibility index (Phi) is 5.39. The van der Waals surface area contributed by atoms with Crippen LogP contribution in [0.1, 0.15) is 36.0 Å². The van der Waals surface area contributed by atoms with Gasteiger partial charge in [0.2, 0.25) is 0 Å². The third-order valence-corrected chi connectivity index (χ3v) is 8.13. The zero-order chi connectivity index (χ0) is 19.7. The van der Waals surface area contributed by atoms with Gasteiger partial charge < -0.3 is 5.32 Å². The van der Waals surface area contributed by atoms with E-state index in [2.05, 4.69) is 5.32 Å². The van der Waals surface area contributed by atoms with Crippen molar-refractivity contribution in [1.29, 1.82) is 0 Å². The molecule has 1 N–H and O–H groups in total. The number of hydrogen-bond donors (Lipinski definition) is 1. The Hall–Kier alpha value is -2.19. The van der Waals surface area contributed by atoms with Crippen molar-refractivity contribution in [3.63, 3.8) is 0 Å². The highest BCUT2D eigenvalue weighted by Crippen LogP contribution is 2.30. The van der Waals surface area contributed by atoms with Crippen LogP contribution in [0.5, 0.6) is 0 Å². The summed E-state index contributed by atoms with van der Waals surface area (Å²) in [5.41, 5.74) is 0.780. The minimum Gasteiger partial charge on any atom is -0.322 e. The van der Waals surface area contributed by atoms with Crippen molar-refractivity contribution in [2.75, 3.05) is 11.6 Å². The normalized spacial score (nSPS) is 15.6. The van der Waals surface area contributed by atoms with Crippen LogP contribution < -0.4 is 5.32 Å². The molecule has 1 amide bonds. The molecule has 27 heavy (non-hydrogen) atoms. The molecule has 8 heteroatoms. The van der Waals surface area contributed by atoms with E-state index in [1.807, 2.05) is 0 Å². The molecule has 0 atom stereocenters. The fourth-order valence-corrected chi connectivity index (χ4v) is 5.66. The van der Waals surface area contributed by atoms with Crippen LogP contribution >= 0.6 is 0 Å². The Bertz CT molecular complexity index is 1030. The minimum atomic E-state index is -3.32. The number of anilines is 1. The van der Waals surface area contributed by atoms with Gasteiger partial charge in [0.1, 0.15) is 0 Å². The Morgan fingerprint density at radius 1 is 0.852 bits per heavy atom. The summed E-state index contributed by atoms with van der Waals surface area (Å²) >= 11 is 0. The maximum Gasteiger partial charge on any atom is 0.255 e.